The number of fused-ring (bicyclic) bond motifs is 1. The summed E-state index contributed by atoms with van der Waals surface area (Å²) in [6.45, 7) is 3.11. The Labute approximate surface area is 196 Å². The molecule has 0 radical (unpaired) electrons. The molecule has 0 unspecified atom stereocenters. The van der Waals surface area contributed by atoms with E-state index in [0.717, 1.165) is 43.6 Å². The molecule has 1 aliphatic carbocycles. The van der Waals surface area contributed by atoms with Crippen molar-refractivity contribution in [1.29, 1.82) is 5.26 Å². The third-order valence-corrected chi connectivity index (χ3v) is 7.09. The van der Waals surface area contributed by atoms with E-state index >= 15 is 0 Å². The van der Waals surface area contributed by atoms with Crippen LogP contribution in [0.1, 0.15) is 55.1 Å². The van der Waals surface area contributed by atoms with Gasteiger partial charge in [0, 0.05) is 24.9 Å². The molecule has 1 atom stereocenters. The second-order valence-electron chi connectivity index (χ2n) is 9.31. The summed E-state index contributed by atoms with van der Waals surface area (Å²) in [5.74, 6) is 0.277. The van der Waals surface area contributed by atoms with Crippen LogP contribution in [0.2, 0.25) is 0 Å². The lowest BCUT2D eigenvalue weighted by Crippen LogP contribution is -2.37. The summed E-state index contributed by atoms with van der Waals surface area (Å²) in [6, 6.07) is 10.5. The van der Waals surface area contributed by atoms with Crippen LogP contribution < -0.4 is 0 Å². The topological polar surface area (TPSA) is 71.2 Å². The maximum Gasteiger partial charge on any atom is 0.249 e. The SMILES string of the molecule is Cc1nc2cc(F)ccc2n1CC1CCC(C(=O)N2OCC[C@H]2c2cc(F)cc(C#N)c2)CC1. The first kappa shape index (κ1) is 22.5. The Balaban J connectivity index is 1.24. The molecule has 1 amide bonds. The quantitative estimate of drug-likeness (QED) is 0.532. The van der Waals surface area contributed by atoms with Gasteiger partial charge in [0.15, 0.2) is 0 Å². The Hall–Kier alpha value is -3.31. The Bertz CT molecular complexity index is 1270. The van der Waals surface area contributed by atoms with Gasteiger partial charge in [-0.3, -0.25) is 9.63 Å². The molecule has 2 fully saturated rings. The number of rotatable bonds is 4. The van der Waals surface area contributed by atoms with Crippen LogP contribution in [0.5, 0.6) is 0 Å². The van der Waals surface area contributed by atoms with Crippen molar-refractivity contribution in [2.75, 3.05) is 6.61 Å². The number of aryl methyl sites for hydroxylation is 1. The highest BCUT2D eigenvalue weighted by Gasteiger charge is 2.37. The number of hydrogen-bond donors (Lipinski definition) is 0. The number of carbonyl (C=O) groups excluding carboxylic acids is 1. The third-order valence-electron chi connectivity index (χ3n) is 7.09. The number of benzene rings is 2. The largest absolute Gasteiger partial charge is 0.328 e. The Kier molecular flexibility index (Phi) is 6.05. The summed E-state index contributed by atoms with van der Waals surface area (Å²) in [5, 5.41) is 10.6. The highest BCUT2D eigenvalue weighted by Crippen LogP contribution is 2.37. The second kappa shape index (κ2) is 9.15. The molecule has 0 N–H and O–H groups in total. The highest BCUT2D eigenvalue weighted by atomic mass is 19.1. The van der Waals surface area contributed by atoms with Crippen LogP contribution in [-0.2, 0) is 16.2 Å². The van der Waals surface area contributed by atoms with Crippen LogP contribution in [0.3, 0.4) is 0 Å². The van der Waals surface area contributed by atoms with Gasteiger partial charge in [-0.25, -0.2) is 18.8 Å². The number of hydroxylamine groups is 2. The molecule has 1 aromatic heterocycles. The van der Waals surface area contributed by atoms with Crippen LogP contribution in [0, 0.1) is 41.7 Å². The molecule has 6 nitrogen and oxygen atoms in total. The molecule has 34 heavy (non-hydrogen) atoms. The van der Waals surface area contributed by atoms with Crippen LogP contribution >= 0.6 is 0 Å². The van der Waals surface area contributed by atoms with E-state index in [-0.39, 0.29) is 29.2 Å². The van der Waals surface area contributed by atoms with E-state index in [4.69, 9.17) is 10.1 Å². The zero-order valence-electron chi connectivity index (χ0n) is 19.0. The van der Waals surface area contributed by atoms with Gasteiger partial charge in [-0.2, -0.15) is 5.26 Å². The Morgan fingerprint density at radius 2 is 1.91 bits per heavy atom. The van der Waals surface area contributed by atoms with E-state index in [1.807, 2.05) is 13.0 Å². The van der Waals surface area contributed by atoms with Crippen molar-refractivity contribution in [3.63, 3.8) is 0 Å². The van der Waals surface area contributed by atoms with Crippen LogP contribution in [-0.4, -0.2) is 27.1 Å². The first-order chi connectivity index (χ1) is 16.4. The molecule has 176 valence electrons. The number of amides is 1. The van der Waals surface area contributed by atoms with E-state index in [0.29, 0.717) is 30.0 Å². The summed E-state index contributed by atoms with van der Waals surface area (Å²) in [6.07, 6.45) is 3.87. The molecular weight excluding hydrogens is 438 g/mol. The number of halogens is 2. The monoisotopic (exact) mass is 464 g/mol. The highest BCUT2D eigenvalue weighted by molar-refractivity contribution is 5.78. The van der Waals surface area contributed by atoms with Gasteiger partial charge in [0.05, 0.1) is 35.3 Å². The predicted molar refractivity (Wildman–Crippen MR) is 121 cm³/mol. The zero-order valence-corrected chi connectivity index (χ0v) is 19.0. The van der Waals surface area contributed by atoms with Crippen molar-refractivity contribution in [3.8, 4) is 6.07 Å². The number of nitriles is 1. The summed E-state index contributed by atoms with van der Waals surface area (Å²) in [7, 11) is 0. The van der Waals surface area contributed by atoms with E-state index < -0.39 is 5.82 Å². The average molecular weight is 465 g/mol. The first-order valence-corrected chi connectivity index (χ1v) is 11.7. The van der Waals surface area contributed by atoms with Gasteiger partial charge >= 0.3 is 0 Å². The number of carbonyl (C=O) groups is 1. The van der Waals surface area contributed by atoms with Gasteiger partial charge in [0.2, 0.25) is 5.91 Å². The summed E-state index contributed by atoms with van der Waals surface area (Å²) in [5.41, 5.74) is 2.42. The minimum absolute atomic E-state index is 0.0662. The molecule has 2 heterocycles. The molecule has 0 spiro atoms. The van der Waals surface area contributed by atoms with Crippen LogP contribution in [0.15, 0.2) is 36.4 Å². The standard InChI is InChI=1S/C26H26F2N4O2/c1-16-30-23-13-21(27)6-7-25(23)31(16)15-17-2-4-19(5-3-17)26(33)32-24(8-9-34-32)20-10-18(14-29)11-22(28)12-20/h6-7,10-13,17,19,24H,2-5,8-9,15H2,1H3/t17?,19?,24-/m0/s1. The third kappa shape index (κ3) is 4.28. The Morgan fingerprint density at radius 1 is 1.12 bits per heavy atom. The number of hydrogen-bond acceptors (Lipinski definition) is 4. The minimum Gasteiger partial charge on any atom is -0.328 e. The van der Waals surface area contributed by atoms with Crippen molar-refractivity contribution in [1.82, 2.24) is 14.6 Å². The van der Waals surface area contributed by atoms with E-state index in [1.54, 1.807) is 12.1 Å². The van der Waals surface area contributed by atoms with Gasteiger partial charge < -0.3 is 4.57 Å². The van der Waals surface area contributed by atoms with Crippen molar-refractivity contribution in [2.45, 2.75) is 51.6 Å². The smallest absolute Gasteiger partial charge is 0.249 e. The van der Waals surface area contributed by atoms with Crippen molar-refractivity contribution < 1.29 is 18.4 Å². The van der Waals surface area contributed by atoms with E-state index in [2.05, 4.69) is 9.55 Å². The maximum absolute atomic E-state index is 14.0. The van der Waals surface area contributed by atoms with Crippen molar-refractivity contribution in [3.05, 3.63) is 65.0 Å². The maximum atomic E-state index is 14.0. The summed E-state index contributed by atoms with van der Waals surface area (Å²) < 4.78 is 29.7. The van der Waals surface area contributed by atoms with Gasteiger partial charge in [0.1, 0.15) is 17.5 Å². The number of aromatic nitrogens is 2. The molecule has 2 aromatic carbocycles. The van der Waals surface area contributed by atoms with Gasteiger partial charge in [0.25, 0.3) is 0 Å². The lowest BCUT2D eigenvalue weighted by Gasteiger charge is -2.32. The fraction of sp³-hybridized carbons (Fsp3) is 0.423. The average Bonchev–Trinajstić information content (AvgIpc) is 3.43. The van der Waals surface area contributed by atoms with Crippen molar-refractivity contribution in [2.24, 2.45) is 11.8 Å². The molecule has 5 rings (SSSR count). The molecule has 3 aromatic rings. The van der Waals surface area contributed by atoms with Crippen molar-refractivity contribution >= 4 is 16.9 Å². The van der Waals surface area contributed by atoms with E-state index in [9.17, 15) is 13.6 Å². The molecule has 2 aliphatic rings. The Morgan fingerprint density at radius 3 is 2.68 bits per heavy atom. The molecular formula is C26H26F2N4O2. The molecule has 1 saturated carbocycles. The predicted octanol–water partition coefficient (Wildman–Crippen LogP) is 5.21. The number of imidazole rings is 1. The fourth-order valence-corrected chi connectivity index (χ4v) is 5.34. The fourth-order valence-electron chi connectivity index (χ4n) is 5.34. The minimum atomic E-state index is -0.487. The summed E-state index contributed by atoms with van der Waals surface area (Å²) >= 11 is 0. The summed E-state index contributed by atoms with van der Waals surface area (Å²) in [4.78, 5) is 23.5. The normalized spacial score (nSPS) is 22.8. The second-order valence-corrected chi connectivity index (χ2v) is 9.31. The first-order valence-electron chi connectivity index (χ1n) is 11.7. The molecule has 8 heteroatoms. The number of nitrogens with zero attached hydrogens (tertiary/aromatic N) is 4. The molecule has 1 saturated heterocycles. The van der Waals surface area contributed by atoms with Gasteiger partial charge in [-0.05, 0) is 74.4 Å². The van der Waals surface area contributed by atoms with Crippen LogP contribution in [0.25, 0.3) is 11.0 Å². The lowest BCUT2D eigenvalue weighted by molar-refractivity contribution is -0.183. The molecule has 0 bridgehead atoms. The van der Waals surface area contributed by atoms with Crippen LogP contribution in [0.4, 0.5) is 8.78 Å². The van der Waals surface area contributed by atoms with Gasteiger partial charge in [-0.1, -0.05) is 0 Å². The molecule has 1 aliphatic heterocycles. The zero-order chi connectivity index (χ0) is 23.8. The van der Waals surface area contributed by atoms with Gasteiger partial charge in [-0.15, -0.1) is 0 Å². The van der Waals surface area contributed by atoms with E-state index in [1.165, 1.54) is 29.3 Å². The lowest BCUT2D eigenvalue weighted by atomic mass is 9.81.